The van der Waals surface area contributed by atoms with Crippen LogP contribution in [0.15, 0.2) is 18.2 Å². The molecule has 1 heterocycles. The number of anilines is 1. The summed E-state index contributed by atoms with van der Waals surface area (Å²) >= 11 is 0. The summed E-state index contributed by atoms with van der Waals surface area (Å²) in [6.07, 6.45) is 0. The van der Waals surface area contributed by atoms with Crippen LogP contribution in [-0.4, -0.2) is 44.0 Å². The average molecular weight is 237 g/mol. The lowest BCUT2D eigenvalue weighted by Gasteiger charge is -2.27. The van der Waals surface area contributed by atoms with E-state index in [-0.39, 0.29) is 11.5 Å². The first-order valence-electron chi connectivity index (χ1n) is 5.69. The van der Waals surface area contributed by atoms with Crippen LogP contribution >= 0.6 is 0 Å². The molecule has 4 nitrogen and oxygen atoms in total. The molecule has 1 aliphatic rings. The highest BCUT2D eigenvalue weighted by molar-refractivity contribution is 5.95. The fourth-order valence-electron chi connectivity index (χ4n) is 1.88. The molecule has 0 unspecified atom stereocenters. The van der Waals surface area contributed by atoms with Crippen LogP contribution in [0.4, 0.5) is 10.1 Å². The van der Waals surface area contributed by atoms with E-state index in [1.54, 1.807) is 24.1 Å². The van der Waals surface area contributed by atoms with E-state index in [4.69, 9.17) is 0 Å². The molecule has 0 spiro atoms. The second kappa shape index (κ2) is 5.14. The normalized spacial score (nSPS) is 15.8. The topological polar surface area (TPSA) is 44.4 Å². The molecule has 1 fully saturated rings. The number of benzene rings is 1. The van der Waals surface area contributed by atoms with Crippen molar-refractivity contribution in [1.29, 1.82) is 0 Å². The predicted molar refractivity (Wildman–Crippen MR) is 64.7 cm³/mol. The van der Waals surface area contributed by atoms with Gasteiger partial charge in [0.05, 0.1) is 5.56 Å². The molecule has 2 rings (SSSR count). The highest BCUT2D eigenvalue weighted by Gasteiger charge is 2.20. The van der Waals surface area contributed by atoms with E-state index < -0.39 is 5.82 Å². The molecule has 0 bridgehead atoms. The number of nitrogens with zero attached hydrogens (tertiary/aromatic N) is 1. The number of hydrogen-bond donors (Lipinski definition) is 2. The van der Waals surface area contributed by atoms with Gasteiger partial charge in [0.2, 0.25) is 0 Å². The average Bonchev–Trinajstić information content (AvgIpc) is 2.39. The van der Waals surface area contributed by atoms with Crippen LogP contribution in [0.5, 0.6) is 0 Å². The molecule has 1 aromatic rings. The molecule has 0 aliphatic carbocycles. The van der Waals surface area contributed by atoms with Gasteiger partial charge in [-0.05, 0) is 18.2 Å². The molecule has 1 amide bonds. The van der Waals surface area contributed by atoms with Gasteiger partial charge in [0.25, 0.3) is 5.91 Å². The fourth-order valence-corrected chi connectivity index (χ4v) is 1.88. The number of piperazine rings is 1. The van der Waals surface area contributed by atoms with Gasteiger partial charge in [0.1, 0.15) is 5.82 Å². The summed E-state index contributed by atoms with van der Waals surface area (Å²) in [4.78, 5) is 13.8. The molecular formula is C12H16FN3O. The third-order valence-electron chi connectivity index (χ3n) is 2.89. The van der Waals surface area contributed by atoms with Crippen LogP contribution in [0.25, 0.3) is 0 Å². The Morgan fingerprint density at radius 3 is 2.76 bits per heavy atom. The minimum absolute atomic E-state index is 0.138. The van der Waals surface area contributed by atoms with Crippen molar-refractivity contribution in [1.82, 2.24) is 10.2 Å². The van der Waals surface area contributed by atoms with Gasteiger partial charge < -0.3 is 15.5 Å². The van der Waals surface area contributed by atoms with E-state index in [9.17, 15) is 9.18 Å². The Morgan fingerprint density at radius 1 is 1.41 bits per heavy atom. The third kappa shape index (κ3) is 2.55. The van der Waals surface area contributed by atoms with E-state index in [0.29, 0.717) is 13.1 Å². The minimum Gasteiger partial charge on any atom is -0.388 e. The van der Waals surface area contributed by atoms with E-state index >= 15 is 0 Å². The zero-order valence-corrected chi connectivity index (χ0v) is 9.79. The van der Waals surface area contributed by atoms with Crippen LogP contribution < -0.4 is 10.6 Å². The number of carbonyl (C=O) groups is 1. The Balaban J connectivity index is 2.22. The lowest BCUT2D eigenvalue weighted by Crippen LogP contribution is -2.46. The summed E-state index contributed by atoms with van der Waals surface area (Å²) in [7, 11) is 1.74. The molecule has 17 heavy (non-hydrogen) atoms. The minimum atomic E-state index is -0.465. The van der Waals surface area contributed by atoms with Gasteiger partial charge in [-0.3, -0.25) is 4.79 Å². The van der Waals surface area contributed by atoms with Crippen LogP contribution in [0.1, 0.15) is 10.4 Å². The molecule has 0 atom stereocenters. The van der Waals surface area contributed by atoms with E-state index in [0.717, 1.165) is 18.8 Å². The van der Waals surface area contributed by atoms with Crippen molar-refractivity contribution in [3.8, 4) is 0 Å². The largest absolute Gasteiger partial charge is 0.388 e. The SMILES string of the molecule is CNc1ccc(F)c(C(=O)N2CCNCC2)c1. The van der Waals surface area contributed by atoms with Crippen molar-refractivity contribution < 1.29 is 9.18 Å². The van der Waals surface area contributed by atoms with Gasteiger partial charge in [-0.1, -0.05) is 0 Å². The molecule has 1 aliphatic heterocycles. The summed E-state index contributed by atoms with van der Waals surface area (Å²) < 4.78 is 13.6. The van der Waals surface area contributed by atoms with Crippen molar-refractivity contribution in [3.63, 3.8) is 0 Å². The Morgan fingerprint density at radius 2 is 2.12 bits per heavy atom. The van der Waals surface area contributed by atoms with Crippen LogP contribution in [0, 0.1) is 5.82 Å². The molecule has 0 saturated carbocycles. The van der Waals surface area contributed by atoms with Crippen molar-refractivity contribution in [2.75, 3.05) is 38.5 Å². The maximum absolute atomic E-state index is 13.6. The lowest BCUT2D eigenvalue weighted by atomic mass is 10.1. The Bertz CT molecular complexity index is 416. The summed E-state index contributed by atoms with van der Waals surface area (Å²) in [5, 5.41) is 6.06. The number of halogens is 1. The Hall–Kier alpha value is -1.62. The quantitative estimate of drug-likeness (QED) is 0.803. The monoisotopic (exact) mass is 237 g/mol. The zero-order valence-electron chi connectivity index (χ0n) is 9.79. The van der Waals surface area contributed by atoms with Gasteiger partial charge >= 0.3 is 0 Å². The van der Waals surface area contributed by atoms with Crippen molar-refractivity contribution in [3.05, 3.63) is 29.6 Å². The number of amides is 1. The van der Waals surface area contributed by atoms with Crippen LogP contribution in [0.3, 0.4) is 0 Å². The number of carbonyl (C=O) groups excluding carboxylic acids is 1. The van der Waals surface area contributed by atoms with E-state index in [1.807, 2.05) is 0 Å². The summed E-state index contributed by atoms with van der Waals surface area (Å²) in [6, 6.07) is 4.49. The fraction of sp³-hybridized carbons (Fsp3) is 0.417. The molecule has 2 N–H and O–H groups in total. The molecule has 1 saturated heterocycles. The molecule has 0 aromatic heterocycles. The Labute approximate surface area is 99.8 Å². The Kier molecular flexibility index (Phi) is 3.58. The first-order valence-corrected chi connectivity index (χ1v) is 5.69. The second-order valence-electron chi connectivity index (χ2n) is 3.99. The van der Waals surface area contributed by atoms with E-state index in [1.165, 1.54) is 6.07 Å². The van der Waals surface area contributed by atoms with Crippen molar-refractivity contribution in [2.24, 2.45) is 0 Å². The number of rotatable bonds is 2. The summed E-state index contributed by atoms with van der Waals surface area (Å²) in [5.74, 6) is -0.700. The zero-order chi connectivity index (χ0) is 12.3. The lowest BCUT2D eigenvalue weighted by molar-refractivity contribution is 0.0731. The maximum Gasteiger partial charge on any atom is 0.256 e. The smallest absolute Gasteiger partial charge is 0.256 e. The first kappa shape index (κ1) is 11.9. The number of nitrogens with one attached hydrogen (secondary N) is 2. The highest BCUT2D eigenvalue weighted by atomic mass is 19.1. The van der Waals surface area contributed by atoms with Crippen molar-refractivity contribution in [2.45, 2.75) is 0 Å². The van der Waals surface area contributed by atoms with Gasteiger partial charge in [-0.2, -0.15) is 0 Å². The molecule has 0 radical (unpaired) electrons. The standard InChI is InChI=1S/C12H16FN3O/c1-14-9-2-3-11(13)10(8-9)12(17)16-6-4-15-5-7-16/h2-3,8,14-15H,4-7H2,1H3. The van der Waals surface area contributed by atoms with Gasteiger partial charge in [0.15, 0.2) is 0 Å². The summed E-state index contributed by atoms with van der Waals surface area (Å²) in [5.41, 5.74) is 0.878. The first-order chi connectivity index (χ1) is 8.22. The third-order valence-corrected chi connectivity index (χ3v) is 2.89. The van der Waals surface area contributed by atoms with Crippen LogP contribution in [0.2, 0.25) is 0 Å². The molecule has 92 valence electrons. The molecule has 1 aromatic carbocycles. The predicted octanol–water partition coefficient (Wildman–Crippen LogP) is 0.913. The van der Waals surface area contributed by atoms with Crippen LogP contribution in [-0.2, 0) is 0 Å². The maximum atomic E-state index is 13.6. The van der Waals surface area contributed by atoms with Gasteiger partial charge in [-0.25, -0.2) is 4.39 Å². The second-order valence-corrected chi connectivity index (χ2v) is 3.99. The van der Waals surface area contributed by atoms with Gasteiger partial charge in [-0.15, -0.1) is 0 Å². The highest BCUT2D eigenvalue weighted by Crippen LogP contribution is 2.16. The van der Waals surface area contributed by atoms with E-state index in [2.05, 4.69) is 10.6 Å². The molecular weight excluding hydrogens is 221 g/mol. The van der Waals surface area contributed by atoms with Crippen molar-refractivity contribution >= 4 is 11.6 Å². The molecule has 5 heteroatoms. The van der Waals surface area contributed by atoms with Gasteiger partial charge in [0, 0.05) is 38.9 Å². The summed E-state index contributed by atoms with van der Waals surface area (Å²) in [6.45, 7) is 2.78. The number of hydrogen-bond acceptors (Lipinski definition) is 3.